The van der Waals surface area contributed by atoms with Crippen LogP contribution in [0.25, 0.3) is 0 Å². The van der Waals surface area contributed by atoms with E-state index in [9.17, 15) is 18.3 Å². The summed E-state index contributed by atoms with van der Waals surface area (Å²) in [6.07, 6.45) is -1.03. The Hall–Kier alpha value is 0.196. The van der Waals surface area contributed by atoms with E-state index < -0.39 is 28.1 Å². The van der Waals surface area contributed by atoms with Crippen LogP contribution in [0.2, 0.25) is 0 Å². The third kappa shape index (κ3) is 3.69. The minimum absolute atomic E-state index is 0. The molecule has 0 bridgehead atoms. The van der Waals surface area contributed by atoms with Gasteiger partial charge in [0.05, 0.1) is 11.0 Å². The summed E-state index contributed by atoms with van der Waals surface area (Å²) in [4.78, 5) is 11.1. The van der Waals surface area contributed by atoms with Gasteiger partial charge in [0.15, 0.2) is 0 Å². The Balaban J connectivity index is 0.00000200. The zero-order valence-electron chi connectivity index (χ0n) is 12.4. The van der Waals surface area contributed by atoms with Crippen LogP contribution in [0.3, 0.4) is 0 Å². The molecule has 8 heteroatoms. The maximum atomic E-state index is 12.4. The number of β-amino-alcohol motifs (C(OH)–C–C–N with tert-alkyl or cyclic N) is 1. The predicted molar refractivity (Wildman–Crippen MR) is 68.2 cm³/mol. The largest absolute Gasteiger partial charge is 1.00 e. The molecule has 1 aromatic carbocycles. The van der Waals surface area contributed by atoms with E-state index in [0.29, 0.717) is 0 Å². The van der Waals surface area contributed by atoms with E-state index in [-0.39, 0.29) is 70.7 Å². The summed E-state index contributed by atoms with van der Waals surface area (Å²) in [7, 11) is -3.89. The molecule has 1 aromatic rings. The maximum absolute atomic E-state index is 12.4. The summed E-state index contributed by atoms with van der Waals surface area (Å²) >= 11 is 0. The van der Waals surface area contributed by atoms with E-state index in [4.69, 9.17) is 5.11 Å². The average Bonchev–Trinajstić information content (AvgIpc) is 2.73. The fourth-order valence-electron chi connectivity index (χ4n) is 2.12. The first kappa shape index (κ1) is 18.2. The number of nitrogens with zero attached hydrogens (tertiary/aromatic N) is 1. The van der Waals surface area contributed by atoms with Crippen molar-refractivity contribution in [3.63, 3.8) is 0 Å². The van der Waals surface area contributed by atoms with Gasteiger partial charge in [-0.15, -0.1) is 0 Å². The van der Waals surface area contributed by atoms with Crippen LogP contribution in [-0.2, 0) is 14.8 Å². The molecule has 106 valence electrons. The fourth-order valence-corrected chi connectivity index (χ4v) is 3.75. The third-order valence-electron chi connectivity index (χ3n) is 3.15. The normalized spacial score (nSPS) is 23.3. The van der Waals surface area contributed by atoms with Gasteiger partial charge in [-0.05, 0) is 19.1 Å². The molecule has 6 nitrogen and oxygen atoms in total. The molecule has 2 N–H and O–H groups in total. The molecule has 2 rings (SSSR count). The molecule has 0 aromatic heterocycles. The Kier molecular flexibility index (Phi) is 6.36. The van der Waals surface area contributed by atoms with Crippen molar-refractivity contribution in [2.45, 2.75) is 30.4 Å². The molecular formula is C12H16KNO5S. The van der Waals surface area contributed by atoms with Crippen LogP contribution in [0.5, 0.6) is 0 Å². The van der Waals surface area contributed by atoms with Crippen LogP contribution in [0.4, 0.5) is 0 Å². The van der Waals surface area contributed by atoms with Crippen LogP contribution >= 0.6 is 0 Å². The molecule has 1 saturated heterocycles. The fraction of sp³-hybridized carbons (Fsp3) is 0.417. The Morgan fingerprint density at radius 3 is 2.40 bits per heavy atom. The first-order chi connectivity index (χ1) is 8.82. The summed E-state index contributed by atoms with van der Waals surface area (Å²) in [5.74, 6) is -1.24. The Bertz CT molecular complexity index is 592. The van der Waals surface area contributed by atoms with Crippen molar-refractivity contribution in [2.24, 2.45) is 0 Å². The quantitative estimate of drug-likeness (QED) is 0.591. The number of aliphatic hydroxyl groups is 1. The zero-order chi connectivity index (χ0) is 14.2. The molecule has 0 amide bonds. The molecule has 1 heterocycles. The standard InChI is InChI=1S/C12H15NO5S.K.H/c1-8-2-4-10(5-3-8)19(17,18)13-7-9(14)6-11(13)12(15)16;;/h2-5,9,11,14H,6-7H2,1H3,(H,15,16);;/q;+1;-1/t9?,11-;;/m0../s1. The van der Waals surface area contributed by atoms with Crippen molar-refractivity contribution >= 4 is 16.0 Å². The van der Waals surface area contributed by atoms with Crippen molar-refractivity contribution in [1.29, 1.82) is 0 Å². The summed E-state index contributed by atoms with van der Waals surface area (Å²) in [5, 5.41) is 18.5. The van der Waals surface area contributed by atoms with E-state index in [1.807, 2.05) is 6.92 Å². The smallest absolute Gasteiger partial charge is 1.00 e. The molecule has 0 radical (unpaired) electrons. The second-order valence-electron chi connectivity index (χ2n) is 4.63. The number of sulfonamides is 1. The number of benzene rings is 1. The number of carbonyl (C=O) groups is 1. The maximum Gasteiger partial charge on any atom is 1.00 e. The first-order valence-corrected chi connectivity index (χ1v) is 7.26. The van der Waals surface area contributed by atoms with E-state index >= 15 is 0 Å². The summed E-state index contributed by atoms with van der Waals surface area (Å²) < 4.78 is 25.6. The minimum atomic E-state index is -3.89. The van der Waals surface area contributed by atoms with Gasteiger partial charge in [0.1, 0.15) is 6.04 Å². The van der Waals surface area contributed by atoms with Gasteiger partial charge < -0.3 is 11.6 Å². The number of carboxylic acids is 1. The van der Waals surface area contributed by atoms with Gasteiger partial charge in [0.2, 0.25) is 10.0 Å². The molecule has 1 aliphatic heterocycles. The summed E-state index contributed by atoms with van der Waals surface area (Å²) in [5.41, 5.74) is 0.912. The van der Waals surface area contributed by atoms with Crippen LogP contribution in [0.15, 0.2) is 29.2 Å². The molecule has 0 aliphatic carbocycles. The van der Waals surface area contributed by atoms with Gasteiger partial charge >= 0.3 is 57.4 Å². The summed E-state index contributed by atoms with van der Waals surface area (Å²) in [6, 6.07) is 4.97. The van der Waals surface area contributed by atoms with Crippen molar-refractivity contribution in [1.82, 2.24) is 4.31 Å². The minimum Gasteiger partial charge on any atom is -1.00 e. The number of rotatable bonds is 3. The van der Waals surface area contributed by atoms with Crippen LogP contribution in [0, 0.1) is 6.92 Å². The Morgan fingerprint density at radius 1 is 1.35 bits per heavy atom. The van der Waals surface area contributed by atoms with E-state index in [2.05, 4.69) is 0 Å². The average molecular weight is 325 g/mol. The molecule has 1 unspecified atom stereocenters. The molecular weight excluding hydrogens is 309 g/mol. The van der Waals surface area contributed by atoms with Gasteiger partial charge in [-0.2, -0.15) is 4.31 Å². The predicted octanol–water partition coefficient (Wildman–Crippen LogP) is -2.68. The second kappa shape index (κ2) is 6.97. The van der Waals surface area contributed by atoms with Crippen LogP contribution < -0.4 is 51.4 Å². The molecule has 0 spiro atoms. The van der Waals surface area contributed by atoms with Gasteiger partial charge in [0, 0.05) is 13.0 Å². The molecule has 2 atom stereocenters. The van der Waals surface area contributed by atoms with Crippen molar-refractivity contribution in [2.75, 3.05) is 6.54 Å². The SMILES string of the molecule is Cc1ccc(S(=O)(=O)N2CC(O)C[C@H]2C(=O)O)cc1.[H-].[K+]. The number of hydrogen-bond acceptors (Lipinski definition) is 4. The number of aliphatic hydroxyl groups excluding tert-OH is 1. The number of hydrogen-bond donors (Lipinski definition) is 2. The Labute approximate surface area is 161 Å². The topological polar surface area (TPSA) is 94.9 Å². The summed E-state index contributed by atoms with van der Waals surface area (Å²) in [6.45, 7) is 1.64. The Morgan fingerprint density at radius 2 is 1.90 bits per heavy atom. The molecule has 20 heavy (non-hydrogen) atoms. The number of carboxylic acid groups (broad SMARTS) is 1. The van der Waals surface area contributed by atoms with Gasteiger partial charge in [0.25, 0.3) is 0 Å². The van der Waals surface area contributed by atoms with Gasteiger partial charge in [-0.25, -0.2) is 8.42 Å². The van der Waals surface area contributed by atoms with Crippen molar-refractivity contribution in [3.8, 4) is 0 Å². The zero-order valence-corrected chi connectivity index (χ0v) is 15.3. The first-order valence-electron chi connectivity index (χ1n) is 5.82. The van der Waals surface area contributed by atoms with Gasteiger partial charge in [-0.3, -0.25) is 4.79 Å². The van der Waals surface area contributed by atoms with Gasteiger partial charge in [-0.1, -0.05) is 17.7 Å². The monoisotopic (exact) mass is 325 g/mol. The second-order valence-corrected chi connectivity index (χ2v) is 6.52. The van der Waals surface area contributed by atoms with E-state index in [1.54, 1.807) is 12.1 Å². The van der Waals surface area contributed by atoms with E-state index in [1.165, 1.54) is 12.1 Å². The molecule has 1 aliphatic rings. The van der Waals surface area contributed by atoms with Crippen LogP contribution in [-0.4, -0.2) is 47.6 Å². The molecule has 1 fully saturated rings. The third-order valence-corrected chi connectivity index (χ3v) is 5.04. The number of aryl methyl sites for hydroxylation is 1. The van der Waals surface area contributed by atoms with Crippen LogP contribution in [0.1, 0.15) is 13.4 Å². The van der Waals surface area contributed by atoms with Crippen molar-refractivity contribution < 1.29 is 76.2 Å². The van der Waals surface area contributed by atoms with Crippen molar-refractivity contribution in [3.05, 3.63) is 29.8 Å². The van der Waals surface area contributed by atoms with E-state index in [0.717, 1.165) is 9.87 Å². The number of aliphatic carboxylic acids is 1. The molecule has 0 saturated carbocycles.